The fraction of sp³-hybridized carbons (Fsp3) is 0.538. The summed E-state index contributed by atoms with van der Waals surface area (Å²) in [6, 6.07) is 8.78. The molecule has 0 aliphatic carbocycles. The Kier molecular flexibility index (Phi) is 3.27. The van der Waals surface area contributed by atoms with E-state index in [0.717, 1.165) is 12.3 Å². The molecule has 0 radical (unpaired) electrons. The minimum Gasteiger partial charge on any atom is -0.489 e. The lowest BCUT2D eigenvalue weighted by atomic mass is 10.1. The molecule has 2 nitrogen and oxygen atoms in total. The van der Waals surface area contributed by atoms with Crippen LogP contribution in [-0.2, 0) is 0 Å². The summed E-state index contributed by atoms with van der Waals surface area (Å²) in [6.07, 6.45) is 2.76. The fourth-order valence-corrected chi connectivity index (χ4v) is 2.03. The molecule has 2 heteroatoms. The third kappa shape index (κ3) is 2.72. The van der Waals surface area contributed by atoms with Crippen LogP contribution >= 0.6 is 0 Å². The molecule has 1 heterocycles. The molecule has 82 valence electrons. The minimum absolute atomic E-state index is 0.259. The molecule has 0 spiro atoms. The second-order valence-electron chi connectivity index (χ2n) is 4.34. The molecule has 1 aliphatic heterocycles. The Morgan fingerprint density at radius 2 is 2.07 bits per heavy atom. The first kappa shape index (κ1) is 10.5. The van der Waals surface area contributed by atoms with Gasteiger partial charge in [-0.2, -0.15) is 0 Å². The van der Waals surface area contributed by atoms with Gasteiger partial charge in [-0.15, -0.1) is 0 Å². The maximum absolute atomic E-state index is 5.89. The second-order valence-corrected chi connectivity index (χ2v) is 4.34. The van der Waals surface area contributed by atoms with Crippen molar-refractivity contribution in [3.05, 3.63) is 29.8 Å². The molecule has 2 atom stereocenters. The molecule has 0 aromatic heterocycles. The lowest BCUT2D eigenvalue weighted by Crippen LogP contribution is -2.36. The molecular formula is C13H19NO. The number of hydrogen-bond donors (Lipinski definition) is 1. The highest BCUT2D eigenvalue weighted by atomic mass is 16.5. The monoisotopic (exact) mass is 205 g/mol. The van der Waals surface area contributed by atoms with E-state index in [9.17, 15) is 0 Å². The Bertz CT molecular complexity index is 301. The van der Waals surface area contributed by atoms with Crippen LogP contribution in [0.15, 0.2) is 24.3 Å². The Hall–Kier alpha value is -1.02. The number of benzene rings is 1. The molecule has 1 fully saturated rings. The van der Waals surface area contributed by atoms with Gasteiger partial charge in [0.05, 0.1) is 0 Å². The summed E-state index contributed by atoms with van der Waals surface area (Å²) in [7, 11) is 0. The van der Waals surface area contributed by atoms with Crippen LogP contribution in [0.25, 0.3) is 0 Å². The van der Waals surface area contributed by atoms with Crippen molar-refractivity contribution in [1.29, 1.82) is 0 Å². The fourth-order valence-electron chi connectivity index (χ4n) is 2.03. The highest BCUT2D eigenvalue weighted by molar-refractivity contribution is 5.26. The van der Waals surface area contributed by atoms with Crippen molar-refractivity contribution in [2.45, 2.75) is 38.8 Å². The van der Waals surface area contributed by atoms with Gasteiger partial charge < -0.3 is 10.1 Å². The summed E-state index contributed by atoms with van der Waals surface area (Å²) in [5.41, 5.74) is 1.27. The van der Waals surface area contributed by atoms with Crippen molar-refractivity contribution in [1.82, 2.24) is 5.32 Å². The highest BCUT2D eigenvalue weighted by Gasteiger charge is 2.21. The number of rotatable bonds is 3. The van der Waals surface area contributed by atoms with Crippen molar-refractivity contribution in [2.24, 2.45) is 0 Å². The first-order valence-electron chi connectivity index (χ1n) is 5.72. The molecule has 1 saturated heterocycles. The van der Waals surface area contributed by atoms with Crippen LogP contribution in [0.1, 0.15) is 25.3 Å². The van der Waals surface area contributed by atoms with Crippen LogP contribution in [0.5, 0.6) is 5.75 Å². The molecule has 0 amide bonds. The van der Waals surface area contributed by atoms with E-state index in [1.807, 2.05) is 12.1 Å². The average Bonchev–Trinajstić information content (AvgIpc) is 2.74. The molecule has 15 heavy (non-hydrogen) atoms. The van der Waals surface area contributed by atoms with E-state index in [1.165, 1.54) is 18.4 Å². The van der Waals surface area contributed by atoms with Gasteiger partial charge in [0, 0.05) is 6.04 Å². The minimum atomic E-state index is 0.259. The molecule has 1 N–H and O–H groups in total. The van der Waals surface area contributed by atoms with Gasteiger partial charge >= 0.3 is 0 Å². The lowest BCUT2D eigenvalue weighted by molar-refractivity contribution is 0.180. The molecule has 1 aromatic rings. The van der Waals surface area contributed by atoms with Gasteiger partial charge in [-0.05, 0) is 45.4 Å². The largest absolute Gasteiger partial charge is 0.489 e. The van der Waals surface area contributed by atoms with Crippen LogP contribution in [0.4, 0.5) is 0 Å². The molecule has 2 rings (SSSR count). The van der Waals surface area contributed by atoms with Gasteiger partial charge in [0.25, 0.3) is 0 Å². The summed E-state index contributed by atoms with van der Waals surface area (Å²) >= 11 is 0. The zero-order valence-corrected chi connectivity index (χ0v) is 9.49. The van der Waals surface area contributed by atoms with E-state index in [2.05, 4.69) is 31.3 Å². The predicted octanol–water partition coefficient (Wildman–Crippen LogP) is 2.51. The van der Waals surface area contributed by atoms with Crippen LogP contribution in [-0.4, -0.2) is 18.7 Å². The zero-order chi connectivity index (χ0) is 10.7. The third-order valence-corrected chi connectivity index (χ3v) is 3.01. The summed E-state index contributed by atoms with van der Waals surface area (Å²) in [4.78, 5) is 0. The second kappa shape index (κ2) is 4.67. The quantitative estimate of drug-likeness (QED) is 0.818. The van der Waals surface area contributed by atoms with E-state index in [-0.39, 0.29) is 6.10 Å². The maximum atomic E-state index is 5.89. The van der Waals surface area contributed by atoms with E-state index in [0.29, 0.717) is 6.04 Å². The standard InChI is InChI=1S/C13H19NO/c1-10-5-7-12(8-6-10)15-11(2)13-4-3-9-14-13/h5-8,11,13-14H,3-4,9H2,1-2H3. The maximum Gasteiger partial charge on any atom is 0.119 e. The van der Waals surface area contributed by atoms with Gasteiger partial charge in [-0.25, -0.2) is 0 Å². The van der Waals surface area contributed by atoms with Gasteiger partial charge in [-0.1, -0.05) is 17.7 Å². The molecular weight excluding hydrogens is 186 g/mol. The van der Waals surface area contributed by atoms with Gasteiger partial charge in [0.15, 0.2) is 0 Å². The zero-order valence-electron chi connectivity index (χ0n) is 9.49. The van der Waals surface area contributed by atoms with Crippen LogP contribution in [0.2, 0.25) is 0 Å². The van der Waals surface area contributed by atoms with Gasteiger partial charge in [0.1, 0.15) is 11.9 Å². The highest BCUT2D eigenvalue weighted by Crippen LogP contribution is 2.17. The van der Waals surface area contributed by atoms with E-state index in [1.54, 1.807) is 0 Å². The van der Waals surface area contributed by atoms with Crippen molar-refractivity contribution in [2.75, 3.05) is 6.54 Å². The normalized spacial score (nSPS) is 22.7. The van der Waals surface area contributed by atoms with Gasteiger partial charge in [0.2, 0.25) is 0 Å². The van der Waals surface area contributed by atoms with Crippen molar-refractivity contribution in [3.8, 4) is 5.75 Å². The Balaban J connectivity index is 1.92. The van der Waals surface area contributed by atoms with Crippen LogP contribution < -0.4 is 10.1 Å². The lowest BCUT2D eigenvalue weighted by Gasteiger charge is -2.21. The summed E-state index contributed by atoms with van der Waals surface area (Å²) < 4.78 is 5.89. The van der Waals surface area contributed by atoms with Crippen molar-refractivity contribution >= 4 is 0 Å². The number of aryl methyl sites for hydroxylation is 1. The van der Waals surface area contributed by atoms with E-state index in [4.69, 9.17) is 4.74 Å². The molecule has 0 saturated carbocycles. The first-order chi connectivity index (χ1) is 7.25. The average molecular weight is 205 g/mol. The summed E-state index contributed by atoms with van der Waals surface area (Å²) in [6.45, 7) is 5.36. The molecule has 1 aromatic carbocycles. The molecule has 0 bridgehead atoms. The first-order valence-corrected chi connectivity index (χ1v) is 5.72. The smallest absolute Gasteiger partial charge is 0.119 e. The van der Waals surface area contributed by atoms with E-state index >= 15 is 0 Å². The van der Waals surface area contributed by atoms with Gasteiger partial charge in [-0.3, -0.25) is 0 Å². The van der Waals surface area contributed by atoms with Crippen LogP contribution in [0.3, 0.4) is 0 Å². The third-order valence-electron chi connectivity index (χ3n) is 3.01. The SMILES string of the molecule is Cc1ccc(OC(C)C2CCCN2)cc1. The van der Waals surface area contributed by atoms with Crippen LogP contribution in [0, 0.1) is 6.92 Å². The predicted molar refractivity (Wildman–Crippen MR) is 62.3 cm³/mol. The summed E-state index contributed by atoms with van der Waals surface area (Å²) in [5, 5.41) is 3.46. The number of hydrogen-bond acceptors (Lipinski definition) is 2. The number of ether oxygens (including phenoxy) is 1. The summed E-state index contributed by atoms with van der Waals surface area (Å²) in [5.74, 6) is 0.974. The van der Waals surface area contributed by atoms with Crippen molar-refractivity contribution < 1.29 is 4.74 Å². The Morgan fingerprint density at radius 1 is 1.33 bits per heavy atom. The Labute approximate surface area is 91.6 Å². The molecule has 1 aliphatic rings. The Morgan fingerprint density at radius 3 is 2.67 bits per heavy atom. The van der Waals surface area contributed by atoms with Crippen molar-refractivity contribution in [3.63, 3.8) is 0 Å². The number of nitrogens with one attached hydrogen (secondary N) is 1. The topological polar surface area (TPSA) is 21.3 Å². The van der Waals surface area contributed by atoms with E-state index < -0.39 is 0 Å². The molecule has 2 unspecified atom stereocenters.